The number of amides is 1. The van der Waals surface area contributed by atoms with Crippen molar-refractivity contribution in [2.24, 2.45) is 5.73 Å². The third-order valence-corrected chi connectivity index (χ3v) is 3.09. The molecular weight excluding hydrogens is 204 g/mol. The molecule has 16 heavy (non-hydrogen) atoms. The number of anilines is 1. The summed E-state index contributed by atoms with van der Waals surface area (Å²) in [4.78, 5) is 12.4. The minimum Gasteiger partial charge on any atom is -0.465 e. The summed E-state index contributed by atoms with van der Waals surface area (Å²) in [6.45, 7) is 2.56. The van der Waals surface area contributed by atoms with E-state index >= 15 is 0 Å². The van der Waals surface area contributed by atoms with E-state index in [0.29, 0.717) is 13.0 Å². The lowest BCUT2D eigenvalue weighted by atomic mass is 9.95. The molecule has 0 aliphatic carbocycles. The summed E-state index contributed by atoms with van der Waals surface area (Å²) < 4.78 is 0. The van der Waals surface area contributed by atoms with Crippen LogP contribution >= 0.6 is 0 Å². The lowest BCUT2D eigenvalue weighted by molar-refractivity contribution is 0.201. The molecule has 2 rings (SSSR count). The van der Waals surface area contributed by atoms with Crippen LogP contribution in [0.25, 0.3) is 0 Å². The summed E-state index contributed by atoms with van der Waals surface area (Å²) >= 11 is 0. The van der Waals surface area contributed by atoms with Gasteiger partial charge in [0.25, 0.3) is 0 Å². The zero-order valence-electron chi connectivity index (χ0n) is 9.31. The van der Waals surface area contributed by atoms with Gasteiger partial charge in [-0.1, -0.05) is 19.1 Å². The van der Waals surface area contributed by atoms with E-state index in [2.05, 4.69) is 6.92 Å². The number of benzene rings is 1. The number of rotatable bonds is 1. The Kier molecular flexibility index (Phi) is 2.83. The van der Waals surface area contributed by atoms with Gasteiger partial charge in [-0.15, -0.1) is 0 Å². The number of hydrogen-bond donors (Lipinski definition) is 2. The maximum absolute atomic E-state index is 11.1. The van der Waals surface area contributed by atoms with E-state index in [1.807, 2.05) is 18.2 Å². The Morgan fingerprint density at radius 3 is 3.00 bits per heavy atom. The van der Waals surface area contributed by atoms with E-state index in [-0.39, 0.29) is 6.04 Å². The van der Waals surface area contributed by atoms with E-state index in [0.717, 1.165) is 17.7 Å². The molecule has 1 heterocycles. The molecule has 4 nitrogen and oxygen atoms in total. The van der Waals surface area contributed by atoms with Gasteiger partial charge in [0.1, 0.15) is 0 Å². The van der Waals surface area contributed by atoms with Crippen LogP contribution in [0, 0.1) is 0 Å². The van der Waals surface area contributed by atoms with E-state index in [1.165, 1.54) is 10.5 Å². The van der Waals surface area contributed by atoms with Crippen molar-refractivity contribution in [1.29, 1.82) is 0 Å². The quantitative estimate of drug-likeness (QED) is 0.762. The van der Waals surface area contributed by atoms with Crippen molar-refractivity contribution in [2.75, 3.05) is 11.4 Å². The van der Waals surface area contributed by atoms with Crippen LogP contribution in [0.5, 0.6) is 0 Å². The van der Waals surface area contributed by atoms with Gasteiger partial charge in [-0.05, 0) is 30.0 Å². The summed E-state index contributed by atoms with van der Waals surface area (Å²) in [5, 5.41) is 9.08. The SMILES string of the molecule is CCc1ccc2c(c1)C(N)CCN2C(=O)O. The average molecular weight is 220 g/mol. The molecule has 0 fully saturated rings. The predicted molar refractivity (Wildman–Crippen MR) is 62.7 cm³/mol. The van der Waals surface area contributed by atoms with Crippen molar-refractivity contribution in [3.63, 3.8) is 0 Å². The highest BCUT2D eigenvalue weighted by atomic mass is 16.4. The third-order valence-electron chi connectivity index (χ3n) is 3.09. The maximum atomic E-state index is 11.1. The molecule has 4 heteroatoms. The monoisotopic (exact) mass is 220 g/mol. The lowest BCUT2D eigenvalue weighted by Crippen LogP contribution is -2.37. The molecule has 86 valence electrons. The summed E-state index contributed by atoms with van der Waals surface area (Å²) in [6, 6.07) is 5.81. The fraction of sp³-hybridized carbons (Fsp3) is 0.417. The molecule has 3 N–H and O–H groups in total. The van der Waals surface area contributed by atoms with Crippen molar-refractivity contribution in [3.8, 4) is 0 Å². The van der Waals surface area contributed by atoms with Gasteiger partial charge in [-0.2, -0.15) is 0 Å². The van der Waals surface area contributed by atoms with Gasteiger partial charge in [0, 0.05) is 12.6 Å². The molecule has 0 radical (unpaired) electrons. The van der Waals surface area contributed by atoms with Crippen LogP contribution in [0.2, 0.25) is 0 Å². The summed E-state index contributed by atoms with van der Waals surface area (Å²) in [7, 11) is 0. The largest absolute Gasteiger partial charge is 0.465 e. The number of nitrogens with two attached hydrogens (primary N) is 1. The molecule has 1 aromatic carbocycles. The number of nitrogens with zero attached hydrogens (tertiary/aromatic N) is 1. The van der Waals surface area contributed by atoms with Crippen LogP contribution in [-0.4, -0.2) is 17.7 Å². The number of fused-ring (bicyclic) bond motifs is 1. The standard InChI is InChI=1S/C12H16N2O2/c1-2-8-3-4-11-9(7-8)10(13)5-6-14(11)12(15)16/h3-4,7,10H,2,5-6,13H2,1H3,(H,15,16). The van der Waals surface area contributed by atoms with Crippen molar-refractivity contribution in [2.45, 2.75) is 25.8 Å². The number of carbonyl (C=O) groups is 1. The molecule has 1 aromatic rings. The Balaban J connectivity index is 2.47. The third kappa shape index (κ3) is 1.76. The van der Waals surface area contributed by atoms with E-state index in [1.54, 1.807) is 0 Å². The first-order valence-corrected chi connectivity index (χ1v) is 5.52. The fourth-order valence-corrected chi connectivity index (χ4v) is 2.11. The van der Waals surface area contributed by atoms with Crippen molar-refractivity contribution >= 4 is 11.8 Å². The fourth-order valence-electron chi connectivity index (χ4n) is 2.11. The summed E-state index contributed by atoms with van der Waals surface area (Å²) in [5.74, 6) is 0. The molecular formula is C12H16N2O2. The smallest absolute Gasteiger partial charge is 0.411 e. The predicted octanol–water partition coefficient (Wildman–Crippen LogP) is 2.14. The molecule has 0 bridgehead atoms. The first-order valence-electron chi connectivity index (χ1n) is 5.52. The first kappa shape index (κ1) is 11.0. The normalized spacial score (nSPS) is 19.4. The van der Waals surface area contributed by atoms with Gasteiger partial charge in [-0.3, -0.25) is 4.90 Å². The maximum Gasteiger partial charge on any atom is 0.411 e. The highest BCUT2D eigenvalue weighted by molar-refractivity contribution is 5.88. The summed E-state index contributed by atoms with van der Waals surface area (Å²) in [5.41, 5.74) is 8.90. The highest BCUT2D eigenvalue weighted by Gasteiger charge is 2.26. The zero-order chi connectivity index (χ0) is 11.7. The molecule has 1 amide bonds. The van der Waals surface area contributed by atoms with Gasteiger partial charge >= 0.3 is 6.09 Å². The number of aryl methyl sites for hydroxylation is 1. The van der Waals surface area contributed by atoms with Crippen molar-refractivity contribution in [3.05, 3.63) is 29.3 Å². The van der Waals surface area contributed by atoms with E-state index < -0.39 is 6.09 Å². The van der Waals surface area contributed by atoms with Gasteiger partial charge in [-0.25, -0.2) is 4.79 Å². The molecule has 1 atom stereocenters. The Bertz CT molecular complexity index is 417. The van der Waals surface area contributed by atoms with Gasteiger partial charge in [0.05, 0.1) is 5.69 Å². The Morgan fingerprint density at radius 1 is 1.62 bits per heavy atom. The topological polar surface area (TPSA) is 66.6 Å². The second-order valence-corrected chi connectivity index (χ2v) is 4.08. The molecule has 1 unspecified atom stereocenters. The first-order chi connectivity index (χ1) is 7.63. The number of carboxylic acid groups (broad SMARTS) is 1. The number of hydrogen-bond acceptors (Lipinski definition) is 2. The second-order valence-electron chi connectivity index (χ2n) is 4.08. The van der Waals surface area contributed by atoms with Crippen LogP contribution in [0.1, 0.15) is 30.5 Å². The second kappa shape index (κ2) is 4.14. The van der Waals surface area contributed by atoms with Gasteiger partial charge in [0.15, 0.2) is 0 Å². The Morgan fingerprint density at radius 2 is 2.38 bits per heavy atom. The minimum absolute atomic E-state index is 0.0444. The van der Waals surface area contributed by atoms with Crippen molar-refractivity contribution < 1.29 is 9.90 Å². The Labute approximate surface area is 94.7 Å². The molecule has 0 saturated heterocycles. The molecule has 1 aliphatic heterocycles. The van der Waals surface area contributed by atoms with Crippen molar-refractivity contribution in [1.82, 2.24) is 0 Å². The van der Waals surface area contributed by atoms with E-state index in [4.69, 9.17) is 10.8 Å². The van der Waals surface area contributed by atoms with Crippen LogP contribution < -0.4 is 10.6 Å². The zero-order valence-corrected chi connectivity index (χ0v) is 9.31. The average Bonchev–Trinajstić information content (AvgIpc) is 2.29. The summed E-state index contributed by atoms with van der Waals surface area (Å²) in [6.07, 6.45) is 0.719. The Hall–Kier alpha value is -1.55. The highest BCUT2D eigenvalue weighted by Crippen LogP contribution is 2.33. The molecule has 0 spiro atoms. The van der Waals surface area contributed by atoms with Gasteiger partial charge < -0.3 is 10.8 Å². The van der Waals surface area contributed by atoms with Gasteiger partial charge in [0.2, 0.25) is 0 Å². The van der Waals surface area contributed by atoms with Crippen LogP contribution in [0.15, 0.2) is 18.2 Å². The molecule has 1 aliphatic rings. The van der Waals surface area contributed by atoms with Crippen LogP contribution in [0.3, 0.4) is 0 Å². The molecule has 0 saturated carbocycles. The van der Waals surface area contributed by atoms with E-state index in [9.17, 15) is 4.79 Å². The van der Waals surface area contributed by atoms with Crippen LogP contribution in [-0.2, 0) is 6.42 Å². The molecule has 0 aromatic heterocycles. The minimum atomic E-state index is -0.905. The van der Waals surface area contributed by atoms with Crippen LogP contribution in [0.4, 0.5) is 10.5 Å². The lowest BCUT2D eigenvalue weighted by Gasteiger charge is -2.31.